The van der Waals surface area contributed by atoms with Gasteiger partial charge in [0.15, 0.2) is 0 Å². The highest BCUT2D eigenvalue weighted by Crippen LogP contribution is 2.32. The number of pyridine rings is 1. The number of nitro benzene ring substituents is 1. The Kier molecular flexibility index (Phi) is 5.10. The number of hydrogen-bond donors (Lipinski definition) is 1. The third-order valence-electron chi connectivity index (χ3n) is 3.31. The molecule has 1 aromatic carbocycles. The zero-order valence-electron chi connectivity index (χ0n) is 13.4. The number of thiazole rings is 1. The van der Waals surface area contributed by atoms with Crippen LogP contribution in [0.3, 0.4) is 0 Å². The third-order valence-corrected chi connectivity index (χ3v) is 4.47. The molecule has 3 rings (SSSR count). The first-order valence-corrected chi connectivity index (χ1v) is 8.54. The molecule has 0 bridgehead atoms. The van der Waals surface area contributed by atoms with E-state index in [1.165, 1.54) is 23.6 Å². The van der Waals surface area contributed by atoms with Gasteiger partial charge in [-0.1, -0.05) is 11.6 Å². The first kappa shape index (κ1) is 17.8. The lowest BCUT2D eigenvalue weighted by atomic mass is 10.2. The van der Waals surface area contributed by atoms with Gasteiger partial charge < -0.3 is 5.11 Å². The highest BCUT2D eigenvalue weighted by molar-refractivity contribution is 7.07. The lowest BCUT2D eigenvalue weighted by Gasteiger charge is -2.02. The molecule has 0 aliphatic rings. The molecule has 0 aliphatic heterocycles. The topological polar surface area (TPSA) is 106 Å². The fourth-order valence-electron chi connectivity index (χ4n) is 2.10. The highest BCUT2D eigenvalue weighted by atomic mass is 35.5. The molecule has 10 heteroatoms. The lowest BCUT2D eigenvalue weighted by molar-refractivity contribution is -0.385. The Hall–Kier alpha value is -3.04. The summed E-state index contributed by atoms with van der Waals surface area (Å²) in [6, 6.07) is 6.06. The van der Waals surface area contributed by atoms with Gasteiger partial charge in [0.2, 0.25) is 10.6 Å². The van der Waals surface area contributed by atoms with Gasteiger partial charge in [0.1, 0.15) is 0 Å². The maximum Gasteiger partial charge on any atom is 0.312 e. The van der Waals surface area contributed by atoms with Crippen molar-refractivity contribution in [3.05, 3.63) is 73.2 Å². The highest BCUT2D eigenvalue weighted by Gasteiger charge is 2.17. The first-order chi connectivity index (χ1) is 12.5. The molecule has 132 valence electrons. The number of aromatic nitrogens is 2. The van der Waals surface area contributed by atoms with Gasteiger partial charge in [-0.15, -0.1) is 11.3 Å². The summed E-state index contributed by atoms with van der Waals surface area (Å²) in [5, 5.41) is 27.3. The van der Waals surface area contributed by atoms with Crippen LogP contribution in [-0.4, -0.2) is 25.9 Å². The van der Waals surface area contributed by atoms with Crippen LogP contribution in [0, 0.1) is 17.0 Å². The van der Waals surface area contributed by atoms with Gasteiger partial charge in [-0.3, -0.25) is 15.1 Å². The fraction of sp³-hybridized carbons (Fsp3) is 0.0625. The van der Waals surface area contributed by atoms with E-state index in [0.29, 0.717) is 10.5 Å². The number of halogens is 1. The van der Waals surface area contributed by atoms with E-state index in [0.717, 1.165) is 11.8 Å². The number of hydrogen-bond acceptors (Lipinski definition) is 7. The van der Waals surface area contributed by atoms with E-state index >= 15 is 0 Å². The van der Waals surface area contributed by atoms with Crippen LogP contribution in [0.25, 0.3) is 0 Å². The lowest BCUT2D eigenvalue weighted by Crippen LogP contribution is -2.11. The molecule has 0 unspecified atom stereocenters. The van der Waals surface area contributed by atoms with Crippen molar-refractivity contribution < 1.29 is 10.0 Å². The number of aryl methyl sites for hydroxylation is 1. The summed E-state index contributed by atoms with van der Waals surface area (Å²) in [6.45, 7) is 1.84. The number of aromatic hydroxyl groups is 1. The number of phenols is 1. The van der Waals surface area contributed by atoms with Gasteiger partial charge in [0.05, 0.1) is 28.7 Å². The molecule has 0 radical (unpaired) electrons. The Morgan fingerprint density at radius 2 is 2.27 bits per heavy atom. The average molecular weight is 390 g/mol. The zero-order valence-corrected chi connectivity index (χ0v) is 15.0. The van der Waals surface area contributed by atoms with E-state index in [9.17, 15) is 15.2 Å². The minimum atomic E-state index is -0.704. The van der Waals surface area contributed by atoms with Crippen molar-refractivity contribution in [2.75, 3.05) is 0 Å². The van der Waals surface area contributed by atoms with E-state index in [2.05, 4.69) is 15.1 Å². The Morgan fingerprint density at radius 3 is 2.96 bits per heavy atom. The Balaban J connectivity index is 2.05. The fourth-order valence-corrected chi connectivity index (χ4v) is 3.14. The molecular formula is C16H12ClN5O3S. The van der Waals surface area contributed by atoms with E-state index < -0.39 is 16.4 Å². The minimum Gasteiger partial charge on any atom is -0.502 e. The molecule has 8 nitrogen and oxygen atoms in total. The summed E-state index contributed by atoms with van der Waals surface area (Å²) in [4.78, 5) is 19.3. The molecule has 0 fully saturated rings. The predicted octanol–water partition coefficient (Wildman–Crippen LogP) is 3.63. The molecule has 0 atom stereocenters. The second-order valence-corrected chi connectivity index (χ2v) is 6.43. The second kappa shape index (κ2) is 7.46. The van der Waals surface area contributed by atoms with E-state index in [1.54, 1.807) is 23.1 Å². The van der Waals surface area contributed by atoms with Gasteiger partial charge in [0.25, 0.3) is 0 Å². The maximum atomic E-state index is 11.0. The average Bonchev–Trinajstić information content (AvgIpc) is 2.96. The summed E-state index contributed by atoms with van der Waals surface area (Å²) in [5.41, 5.74) is 1.13. The van der Waals surface area contributed by atoms with Crippen LogP contribution in [0.2, 0.25) is 5.02 Å². The Morgan fingerprint density at radius 1 is 1.46 bits per heavy atom. The van der Waals surface area contributed by atoms with Gasteiger partial charge in [-0.25, -0.2) is 9.67 Å². The molecule has 0 amide bonds. The monoisotopic (exact) mass is 389 g/mol. The first-order valence-electron chi connectivity index (χ1n) is 7.29. The Bertz CT molecular complexity index is 1060. The Labute approximate surface area is 156 Å². The second-order valence-electron chi connectivity index (χ2n) is 5.16. The van der Waals surface area contributed by atoms with Crippen LogP contribution in [0.15, 0.2) is 52.1 Å². The van der Waals surface area contributed by atoms with Crippen molar-refractivity contribution in [1.29, 1.82) is 0 Å². The number of nitro groups is 1. The van der Waals surface area contributed by atoms with Crippen molar-refractivity contribution >= 4 is 40.5 Å². The minimum absolute atomic E-state index is 0.128. The van der Waals surface area contributed by atoms with Crippen LogP contribution in [-0.2, 0) is 0 Å². The normalized spacial score (nSPS) is 12.0. The number of phenolic OH excluding ortho intramolecular Hbond substituents is 1. The number of nitrogens with zero attached hydrogens (tertiary/aromatic N) is 5. The van der Waals surface area contributed by atoms with Gasteiger partial charge in [-0.05, 0) is 25.1 Å². The van der Waals surface area contributed by atoms with E-state index in [4.69, 9.17) is 11.6 Å². The maximum absolute atomic E-state index is 11.0. The predicted molar refractivity (Wildman–Crippen MR) is 99.3 cm³/mol. The molecule has 3 aromatic rings. The van der Waals surface area contributed by atoms with Crippen molar-refractivity contribution in [1.82, 2.24) is 9.66 Å². The van der Waals surface area contributed by atoms with E-state index in [-0.39, 0.29) is 10.6 Å². The number of benzene rings is 1. The SMILES string of the molecule is Cc1csc(=Nc2cccnc2)n1N=Cc1cc(Cl)cc([N+](=O)[O-])c1O. The molecule has 0 spiro atoms. The van der Waals surface area contributed by atoms with Crippen molar-refractivity contribution in [2.45, 2.75) is 6.92 Å². The number of rotatable bonds is 4. The molecule has 2 heterocycles. The van der Waals surface area contributed by atoms with Gasteiger partial charge in [0, 0.05) is 28.2 Å². The summed E-state index contributed by atoms with van der Waals surface area (Å²) < 4.78 is 1.56. The van der Waals surface area contributed by atoms with Crippen molar-refractivity contribution in [3.8, 4) is 5.75 Å². The molecular weight excluding hydrogens is 378 g/mol. The summed E-state index contributed by atoms with van der Waals surface area (Å²) in [5.74, 6) is -0.498. The zero-order chi connectivity index (χ0) is 18.7. The van der Waals surface area contributed by atoms with Crippen LogP contribution >= 0.6 is 22.9 Å². The summed E-state index contributed by atoms with van der Waals surface area (Å²) >= 11 is 7.27. The summed E-state index contributed by atoms with van der Waals surface area (Å²) in [7, 11) is 0. The molecule has 0 saturated heterocycles. The van der Waals surface area contributed by atoms with Crippen LogP contribution in [0.4, 0.5) is 11.4 Å². The van der Waals surface area contributed by atoms with Crippen LogP contribution in [0.5, 0.6) is 5.75 Å². The molecule has 1 N–H and O–H groups in total. The third kappa shape index (κ3) is 3.79. The smallest absolute Gasteiger partial charge is 0.312 e. The molecule has 2 aromatic heterocycles. The molecule has 26 heavy (non-hydrogen) atoms. The van der Waals surface area contributed by atoms with Crippen molar-refractivity contribution in [2.24, 2.45) is 10.1 Å². The molecule has 0 saturated carbocycles. The standard InChI is InChI=1S/C16H12ClN5O3S/c1-10-9-26-16(20-13-3-2-4-18-8-13)21(10)19-7-11-5-12(17)6-14(15(11)23)22(24)25/h2-9,23H,1H3. The van der Waals surface area contributed by atoms with Crippen LogP contribution < -0.4 is 4.80 Å². The summed E-state index contributed by atoms with van der Waals surface area (Å²) in [6.07, 6.45) is 4.57. The van der Waals surface area contributed by atoms with Gasteiger partial charge >= 0.3 is 5.69 Å². The van der Waals surface area contributed by atoms with E-state index in [1.807, 2.05) is 18.4 Å². The van der Waals surface area contributed by atoms with Gasteiger partial charge in [-0.2, -0.15) is 5.10 Å². The largest absolute Gasteiger partial charge is 0.502 e. The molecule has 0 aliphatic carbocycles. The van der Waals surface area contributed by atoms with Crippen molar-refractivity contribution in [3.63, 3.8) is 0 Å². The quantitative estimate of drug-likeness (QED) is 0.417. The van der Waals surface area contributed by atoms with Crippen LogP contribution in [0.1, 0.15) is 11.3 Å².